The van der Waals surface area contributed by atoms with Crippen LogP contribution < -0.4 is 0 Å². The van der Waals surface area contributed by atoms with E-state index in [4.69, 9.17) is 0 Å². The van der Waals surface area contributed by atoms with Crippen molar-refractivity contribution in [2.24, 2.45) is 5.41 Å². The second kappa shape index (κ2) is 4.63. The SMILES string of the molecule is Cc1ccc(C(=O)N2CCC(C)(C)CC2)cc1O. The number of amides is 1. The van der Waals surface area contributed by atoms with Gasteiger partial charge in [0.25, 0.3) is 5.91 Å². The van der Waals surface area contributed by atoms with E-state index in [0.29, 0.717) is 11.0 Å². The molecule has 1 saturated heterocycles. The number of likely N-dealkylation sites (tertiary alicyclic amines) is 1. The van der Waals surface area contributed by atoms with Gasteiger partial charge in [-0.05, 0) is 42.9 Å². The first-order valence-electron chi connectivity index (χ1n) is 6.48. The summed E-state index contributed by atoms with van der Waals surface area (Å²) < 4.78 is 0. The van der Waals surface area contributed by atoms with Crippen molar-refractivity contribution in [1.29, 1.82) is 0 Å². The molecule has 1 aromatic carbocycles. The second-order valence-corrected chi connectivity index (χ2v) is 5.96. The van der Waals surface area contributed by atoms with E-state index in [0.717, 1.165) is 31.5 Å². The first kappa shape index (κ1) is 12.9. The Hall–Kier alpha value is -1.51. The Morgan fingerprint density at radius 2 is 1.89 bits per heavy atom. The summed E-state index contributed by atoms with van der Waals surface area (Å²) >= 11 is 0. The largest absolute Gasteiger partial charge is 0.508 e. The van der Waals surface area contributed by atoms with E-state index < -0.39 is 0 Å². The molecule has 0 radical (unpaired) electrons. The molecule has 0 atom stereocenters. The average molecular weight is 247 g/mol. The van der Waals surface area contributed by atoms with Crippen molar-refractivity contribution in [2.75, 3.05) is 13.1 Å². The van der Waals surface area contributed by atoms with Crippen LogP contribution in [0, 0.1) is 12.3 Å². The van der Waals surface area contributed by atoms with Gasteiger partial charge in [-0.15, -0.1) is 0 Å². The molecule has 1 N–H and O–H groups in total. The van der Waals surface area contributed by atoms with E-state index in [2.05, 4.69) is 13.8 Å². The maximum Gasteiger partial charge on any atom is 0.253 e. The molecule has 0 aliphatic carbocycles. The van der Waals surface area contributed by atoms with Crippen LogP contribution in [0.3, 0.4) is 0 Å². The molecule has 1 heterocycles. The van der Waals surface area contributed by atoms with Gasteiger partial charge in [0.15, 0.2) is 0 Å². The lowest BCUT2D eigenvalue weighted by molar-refractivity contribution is 0.0630. The van der Waals surface area contributed by atoms with Crippen LogP contribution in [0.15, 0.2) is 18.2 Å². The van der Waals surface area contributed by atoms with Gasteiger partial charge in [-0.1, -0.05) is 19.9 Å². The molecule has 2 rings (SSSR count). The molecule has 1 aromatic rings. The summed E-state index contributed by atoms with van der Waals surface area (Å²) in [5, 5.41) is 9.66. The predicted molar refractivity (Wildman–Crippen MR) is 71.8 cm³/mol. The number of hydrogen-bond donors (Lipinski definition) is 1. The Labute approximate surface area is 108 Å². The topological polar surface area (TPSA) is 40.5 Å². The molecule has 0 bridgehead atoms. The van der Waals surface area contributed by atoms with Crippen LogP contribution in [0.25, 0.3) is 0 Å². The van der Waals surface area contributed by atoms with E-state index in [1.165, 1.54) is 0 Å². The zero-order chi connectivity index (χ0) is 13.3. The Balaban J connectivity index is 2.10. The fraction of sp³-hybridized carbons (Fsp3) is 0.533. The fourth-order valence-corrected chi connectivity index (χ4v) is 2.24. The second-order valence-electron chi connectivity index (χ2n) is 5.96. The smallest absolute Gasteiger partial charge is 0.253 e. The lowest BCUT2D eigenvalue weighted by Crippen LogP contribution is -2.41. The molecule has 0 aromatic heterocycles. The number of phenolic OH excluding ortho intramolecular Hbond substituents is 1. The molecule has 1 aliphatic rings. The predicted octanol–water partition coefficient (Wildman–Crippen LogP) is 2.96. The molecule has 18 heavy (non-hydrogen) atoms. The lowest BCUT2D eigenvalue weighted by atomic mass is 9.82. The molecule has 1 amide bonds. The molecule has 3 nitrogen and oxygen atoms in total. The van der Waals surface area contributed by atoms with Crippen LogP contribution in [-0.4, -0.2) is 29.0 Å². The number of aromatic hydroxyl groups is 1. The van der Waals surface area contributed by atoms with Gasteiger partial charge in [-0.2, -0.15) is 0 Å². The van der Waals surface area contributed by atoms with Crippen LogP contribution in [0.2, 0.25) is 0 Å². The third-order valence-corrected chi connectivity index (χ3v) is 3.86. The van der Waals surface area contributed by atoms with E-state index in [1.807, 2.05) is 11.8 Å². The Kier molecular flexibility index (Phi) is 3.33. The number of carbonyl (C=O) groups is 1. The Morgan fingerprint density at radius 3 is 2.44 bits per heavy atom. The van der Waals surface area contributed by atoms with Crippen molar-refractivity contribution in [3.63, 3.8) is 0 Å². The number of carbonyl (C=O) groups excluding carboxylic acids is 1. The molecular formula is C15H21NO2. The van der Waals surface area contributed by atoms with E-state index in [-0.39, 0.29) is 11.7 Å². The highest BCUT2D eigenvalue weighted by atomic mass is 16.3. The Bertz CT molecular complexity index is 456. The van der Waals surface area contributed by atoms with Crippen LogP contribution >= 0.6 is 0 Å². The van der Waals surface area contributed by atoms with E-state index in [9.17, 15) is 9.90 Å². The molecular weight excluding hydrogens is 226 g/mol. The number of benzene rings is 1. The number of nitrogens with zero attached hydrogens (tertiary/aromatic N) is 1. The summed E-state index contributed by atoms with van der Waals surface area (Å²) in [6.45, 7) is 7.92. The quantitative estimate of drug-likeness (QED) is 0.828. The first-order valence-corrected chi connectivity index (χ1v) is 6.48. The van der Waals surface area contributed by atoms with Crippen LogP contribution in [-0.2, 0) is 0 Å². The molecule has 1 fully saturated rings. The summed E-state index contributed by atoms with van der Waals surface area (Å²) in [5.41, 5.74) is 1.72. The lowest BCUT2D eigenvalue weighted by Gasteiger charge is -2.37. The molecule has 98 valence electrons. The monoisotopic (exact) mass is 247 g/mol. The first-order chi connectivity index (χ1) is 8.39. The van der Waals surface area contributed by atoms with Gasteiger partial charge in [0.1, 0.15) is 5.75 Å². The van der Waals surface area contributed by atoms with Gasteiger partial charge in [0.2, 0.25) is 0 Å². The zero-order valence-corrected chi connectivity index (χ0v) is 11.4. The molecule has 0 saturated carbocycles. The summed E-state index contributed by atoms with van der Waals surface area (Å²) in [5.74, 6) is 0.221. The number of piperidine rings is 1. The van der Waals surface area contributed by atoms with Crippen LogP contribution in [0.1, 0.15) is 42.6 Å². The van der Waals surface area contributed by atoms with Gasteiger partial charge in [-0.25, -0.2) is 0 Å². The zero-order valence-electron chi connectivity index (χ0n) is 11.4. The highest BCUT2D eigenvalue weighted by Gasteiger charge is 2.28. The van der Waals surface area contributed by atoms with Crippen molar-refractivity contribution in [1.82, 2.24) is 4.90 Å². The molecule has 1 aliphatic heterocycles. The van der Waals surface area contributed by atoms with Gasteiger partial charge in [0.05, 0.1) is 0 Å². The number of rotatable bonds is 1. The highest BCUT2D eigenvalue weighted by molar-refractivity contribution is 5.94. The summed E-state index contributed by atoms with van der Waals surface area (Å²) in [6.07, 6.45) is 2.08. The normalized spacial score (nSPS) is 18.7. The van der Waals surface area contributed by atoms with E-state index in [1.54, 1.807) is 18.2 Å². The number of aryl methyl sites for hydroxylation is 1. The van der Waals surface area contributed by atoms with Gasteiger partial charge >= 0.3 is 0 Å². The summed E-state index contributed by atoms with van der Waals surface area (Å²) in [4.78, 5) is 14.2. The fourth-order valence-electron chi connectivity index (χ4n) is 2.24. The van der Waals surface area contributed by atoms with Crippen molar-refractivity contribution in [3.05, 3.63) is 29.3 Å². The van der Waals surface area contributed by atoms with Crippen LogP contribution in [0.5, 0.6) is 5.75 Å². The van der Waals surface area contributed by atoms with Crippen molar-refractivity contribution < 1.29 is 9.90 Å². The Morgan fingerprint density at radius 1 is 1.28 bits per heavy atom. The minimum absolute atomic E-state index is 0.0285. The minimum Gasteiger partial charge on any atom is -0.508 e. The minimum atomic E-state index is 0.0285. The van der Waals surface area contributed by atoms with Crippen molar-refractivity contribution >= 4 is 5.91 Å². The standard InChI is InChI=1S/C15H21NO2/c1-11-4-5-12(10-13(11)17)14(18)16-8-6-15(2,3)7-9-16/h4-5,10,17H,6-9H2,1-3H3. The van der Waals surface area contributed by atoms with Gasteiger partial charge in [0, 0.05) is 18.7 Å². The van der Waals surface area contributed by atoms with Crippen LogP contribution in [0.4, 0.5) is 0 Å². The molecule has 0 spiro atoms. The molecule has 3 heteroatoms. The van der Waals surface area contributed by atoms with Gasteiger partial charge in [-0.3, -0.25) is 4.79 Å². The third-order valence-electron chi connectivity index (χ3n) is 3.86. The van der Waals surface area contributed by atoms with Crippen molar-refractivity contribution in [2.45, 2.75) is 33.6 Å². The number of hydrogen-bond acceptors (Lipinski definition) is 2. The number of phenols is 1. The highest BCUT2D eigenvalue weighted by Crippen LogP contribution is 2.30. The molecule has 0 unspecified atom stereocenters. The maximum absolute atomic E-state index is 12.3. The van der Waals surface area contributed by atoms with Gasteiger partial charge < -0.3 is 10.0 Å². The summed E-state index contributed by atoms with van der Waals surface area (Å²) in [6, 6.07) is 5.14. The third kappa shape index (κ3) is 2.66. The maximum atomic E-state index is 12.3. The van der Waals surface area contributed by atoms with Crippen molar-refractivity contribution in [3.8, 4) is 5.75 Å². The van der Waals surface area contributed by atoms with E-state index >= 15 is 0 Å². The average Bonchev–Trinajstić information content (AvgIpc) is 2.32. The summed E-state index contributed by atoms with van der Waals surface area (Å²) in [7, 11) is 0.